The second-order valence-corrected chi connectivity index (χ2v) is 4.75. The molecule has 1 amide bonds. The van der Waals surface area contributed by atoms with E-state index in [0.717, 1.165) is 37.8 Å². The van der Waals surface area contributed by atoms with Crippen LogP contribution in [0.2, 0.25) is 0 Å². The lowest BCUT2D eigenvalue weighted by Gasteiger charge is -2.09. The third-order valence-electron chi connectivity index (χ3n) is 3.02. The van der Waals surface area contributed by atoms with Crippen molar-refractivity contribution >= 4 is 5.91 Å². The molecule has 1 N–H and O–H groups in total. The van der Waals surface area contributed by atoms with Crippen LogP contribution in [0.4, 0.5) is 13.2 Å². The smallest absolute Gasteiger partial charge is 0.352 e. The van der Waals surface area contributed by atoms with E-state index in [-0.39, 0.29) is 5.56 Å². The van der Waals surface area contributed by atoms with E-state index in [1.807, 2.05) is 0 Å². The molecule has 0 aliphatic heterocycles. The van der Waals surface area contributed by atoms with Crippen LogP contribution in [-0.4, -0.2) is 12.5 Å². The molecule has 0 bridgehead atoms. The van der Waals surface area contributed by atoms with Gasteiger partial charge in [-0.1, -0.05) is 38.7 Å². The van der Waals surface area contributed by atoms with E-state index in [1.165, 1.54) is 18.6 Å². The molecular formula is C15H20F3NO. The summed E-state index contributed by atoms with van der Waals surface area (Å²) in [6.45, 7) is 2.62. The Bertz CT molecular complexity index is 429. The first-order valence-electron chi connectivity index (χ1n) is 6.90. The minimum absolute atomic E-state index is 0.0494. The minimum Gasteiger partial charge on any atom is -0.352 e. The van der Waals surface area contributed by atoms with Gasteiger partial charge in [0.05, 0.1) is 5.56 Å². The Labute approximate surface area is 117 Å². The highest BCUT2D eigenvalue weighted by Crippen LogP contribution is 2.29. The summed E-state index contributed by atoms with van der Waals surface area (Å²) < 4.78 is 37.6. The first-order chi connectivity index (χ1) is 9.45. The fraction of sp³-hybridized carbons (Fsp3) is 0.533. The third kappa shape index (κ3) is 5.63. The molecule has 20 heavy (non-hydrogen) atoms. The predicted octanol–water partition coefficient (Wildman–Crippen LogP) is 4.41. The molecule has 1 aromatic rings. The van der Waals surface area contributed by atoms with E-state index in [4.69, 9.17) is 0 Å². The number of hydrogen-bond acceptors (Lipinski definition) is 1. The molecule has 5 heteroatoms. The van der Waals surface area contributed by atoms with Crippen LogP contribution in [0.3, 0.4) is 0 Å². The van der Waals surface area contributed by atoms with Crippen molar-refractivity contribution < 1.29 is 18.0 Å². The fourth-order valence-corrected chi connectivity index (χ4v) is 1.87. The Hall–Kier alpha value is -1.52. The fourth-order valence-electron chi connectivity index (χ4n) is 1.87. The predicted molar refractivity (Wildman–Crippen MR) is 72.5 cm³/mol. The van der Waals surface area contributed by atoms with Crippen LogP contribution in [0.25, 0.3) is 0 Å². The van der Waals surface area contributed by atoms with E-state index in [2.05, 4.69) is 12.2 Å². The van der Waals surface area contributed by atoms with Crippen molar-refractivity contribution in [3.63, 3.8) is 0 Å². The Morgan fingerprint density at radius 1 is 1.15 bits per heavy atom. The molecule has 1 aromatic carbocycles. The molecule has 0 unspecified atom stereocenters. The molecule has 0 fully saturated rings. The van der Waals surface area contributed by atoms with Crippen LogP contribution in [0, 0.1) is 0 Å². The summed E-state index contributed by atoms with van der Waals surface area (Å²) in [6.07, 6.45) is 0.895. The van der Waals surface area contributed by atoms with E-state index in [0.29, 0.717) is 6.54 Å². The SMILES string of the molecule is CCCCCCCNC(=O)c1cccc(C(F)(F)F)c1. The van der Waals surface area contributed by atoms with E-state index < -0.39 is 17.6 Å². The second-order valence-electron chi connectivity index (χ2n) is 4.75. The second kappa shape index (κ2) is 7.92. The van der Waals surface area contributed by atoms with Crippen molar-refractivity contribution in [1.29, 1.82) is 0 Å². The van der Waals surface area contributed by atoms with Crippen molar-refractivity contribution in [1.82, 2.24) is 5.32 Å². The highest BCUT2D eigenvalue weighted by atomic mass is 19.4. The molecule has 0 atom stereocenters. The molecule has 0 spiro atoms. The third-order valence-corrected chi connectivity index (χ3v) is 3.02. The first kappa shape index (κ1) is 16.5. The van der Waals surface area contributed by atoms with E-state index in [9.17, 15) is 18.0 Å². The van der Waals surface area contributed by atoms with Gasteiger partial charge in [0.1, 0.15) is 0 Å². The monoisotopic (exact) mass is 287 g/mol. The molecule has 0 aliphatic rings. The molecule has 0 aliphatic carbocycles. The van der Waals surface area contributed by atoms with Gasteiger partial charge in [0.15, 0.2) is 0 Å². The topological polar surface area (TPSA) is 29.1 Å². The van der Waals surface area contributed by atoms with Gasteiger partial charge in [0, 0.05) is 12.1 Å². The number of halogens is 3. The van der Waals surface area contributed by atoms with Crippen LogP contribution < -0.4 is 5.32 Å². The van der Waals surface area contributed by atoms with Gasteiger partial charge >= 0.3 is 6.18 Å². The Balaban J connectivity index is 2.44. The number of nitrogens with one attached hydrogen (secondary N) is 1. The maximum Gasteiger partial charge on any atom is 0.416 e. The lowest BCUT2D eigenvalue weighted by molar-refractivity contribution is -0.137. The number of hydrogen-bond donors (Lipinski definition) is 1. The number of carbonyl (C=O) groups is 1. The molecular weight excluding hydrogens is 267 g/mol. The Morgan fingerprint density at radius 2 is 1.85 bits per heavy atom. The van der Waals surface area contributed by atoms with Crippen molar-refractivity contribution in [2.24, 2.45) is 0 Å². The highest BCUT2D eigenvalue weighted by molar-refractivity contribution is 5.94. The van der Waals surface area contributed by atoms with Gasteiger partial charge in [0.25, 0.3) is 5.91 Å². The van der Waals surface area contributed by atoms with Gasteiger partial charge < -0.3 is 5.32 Å². The number of alkyl halides is 3. The van der Waals surface area contributed by atoms with Gasteiger partial charge in [-0.05, 0) is 24.6 Å². The Kier molecular flexibility index (Phi) is 6.55. The van der Waals surface area contributed by atoms with Crippen molar-refractivity contribution in [2.75, 3.05) is 6.54 Å². The summed E-state index contributed by atoms with van der Waals surface area (Å²) in [5, 5.41) is 2.65. The minimum atomic E-state index is -4.42. The van der Waals surface area contributed by atoms with Crippen molar-refractivity contribution in [3.05, 3.63) is 35.4 Å². The normalized spacial score (nSPS) is 11.4. The van der Waals surface area contributed by atoms with Gasteiger partial charge in [-0.3, -0.25) is 4.79 Å². The summed E-state index contributed by atoms with van der Waals surface area (Å²) in [6, 6.07) is 4.48. The van der Waals surface area contributed by atoms with E-state index in [1.54, 1.807) is 0 Å². The van der Waals surface area contributed by atoms with Crippen LogP contribution in [0.5, 0.6) is 0 Å². The van der Waals surface area contributed by atoms with Gasteiger partial charge in [-0.2, -0.15) is 13.2 Å². The maximum absolute atomic E-state index is 12.5. The molecule has 112 valence electrons. The largest absolute Gasteiger partial charge is 0.416 e. The zero-order valence-corrected chi connectivity index (χ0v) is 11.6. The molecule has 2 nitrogen and oxygen atoms in total. The zero-order valence-electron chi connectivity index (χ0n) is 11.6. The van der Waals surface area contributed by atoms with Crippen LogP contribution in [0.15, 0.2) is 24.3 Å². The van der Waals surface area contributed by atoms with Crippen molar-refractivity contribution in [3.8, 4) is 0 Å². The summed E-state index contributed by atoms with van der Waals surface area (Å²) in [5.74, 6) is -0.452. The Morgan fingerprint density at radius 3 is 2.50 bits per heavy atom. The number of carbonyl (C=O) groups excluding carboxylic acids is 1. The summed E-state index contributed by atoms with van der Waals surface area (Å²) in [5.41, 5.74) is -0.749. The average Bonchev–Trinajstić information content (AvgIpc) is 2.41. The highest BCUT2D eigenvalue weighted by Gasteiger charge is 2.30. The summed E-state index contributed by atoms with van der Waals surface area (Å²) in [7, 11) is 0. The molecule has 0 saturated heterocycles. The number of benzene rings is 1. The summed E-state index contributed by atoms with van der Waals surface area (Å²) >= 11 is 0. The van der Waals surface area contributed by atoms with Crippen LogP contribution >= 0.6 is 0 Å². The van der Waals surface area contributed by atoms with Gasteiger partial charge in [-0.25, -0.2) is 0 Å². The number of unbranched alkanes of at least 4 members (excludes halogenated alkanes) is 4. The quantitative estimate of drug-likeness (QED) is 0.740. The number of rotatable bonds is 7. The molecule has 1 rings (SSSR count). The lowest BCUT2D eigenvalue weighted by Crippen LogP contribution is -2.24. The van der Waals surface area contributed by atoms with Crippen LogP contribution in [0.1, 0.15) is 54.9 Å². The summed E-state index contributed by atoms with van der Waals surface area (Å²) in [4.78, 5) is 11.7. The van der Waals surface area contributed by atoms with Gasteiger partial charge in [0.2, 0.25) is 0 Å². The van der Waals surface area contributed by atoms with E-state index >= 15 is 0 Å². The maximum atomic E-state index is 12.5. The number of amides is 1. The first-order valence-corrected chi connectivity index (χ1v) is 6.90. The zero-order chi connectivity index (χ0) is 15.0. The van der Waals surface area contributed by atoms with Gasteiger partial charge in [-0.15, -0.1) is 0 Å². The molecule has 0 radical (unpaired) electrons. The van der Waals surface area contributed by atoms with Crippen LogP contribution in [-0.2, 0) is 6.18 Å². The standard InChI is InChI=1S/C15H20F3NO/c1-2-3-4-5-6-10-19-14(20)12-8-7-9-13(11-12)15(16,17)18/h7-9,11H,2-6,10H2,1H3,(H,19,20). The van der Waals surface area contributed by atoms with Crippen molar-refractivity contribution in [2.45, 2.75) is 45.2 Å². The lowest BCUT2D eigenvalue weighted by atomic mass is 10.1. The molecule has 0 saturated carbocycles. The molecule has 0 aromatic heterocycles. The molecule has 0 heterocycles. The average molecular weight is 287 g/mol.